The third kappa shape index (κ3) is 3.80. The number of primary sulfonamides is 1. The SMILES string of the molecule is Cc1sc(C(=O)NCCS(N)(=O)=O)cc1N. The number of carbonyl (C=O) groups is 1. The quantitative estimate of drug-likeness (QED) is 0.689. The molecule has 90 valence electrons. The Morgan fingerprint density at radius 1 is 1.56 bits per heavy atom. The van der Waals surface area contributed by atoms with Crippen LogP contribution in [0.2, 0.25) is 0 Å². The van der Waals surface area contributed by atoms with E-state index in [0.717, 1.165) is 4.88 Å². The fraction of sp³-hybridized carbons (Fsp3) is 0.375. The molecular weight excluding hydrogens is 250 g/mol. The first-order valence-electron chi connectivity index (χ1n) is 4.44. The minimum Gasteiger partial charge on any atom is -0.398 e. The molecule has 16 heavy (non-hydrogen) atoms. The minimum absolute atomic E-state index is 0.00544. The van der Waals surface area contributed by atoms with Crippen molar-refractivity contribution in [1.82, 2.24) is 5.32 Å². The van der Waals surface area contributed by atoms with Crippen molar-refractivity contribution in [3.63, 3.8) is 0 Å². The summed E-state index contributed by atoms with van der Waals surface area (Å²) in [5.41, 5.74) is 6.15. The van der Waals surface area contributed by atoms with E-state index in [1.54, 1.807) is 13.0 Å². The topological polar surface area (TPSA) is 115 Å². The van der Waals surface area contributed by atoms with Crippen LogP contribution in [0.5, 0.6) is 0 Å². The smallest absolute Gasteiger partial charge is 0.261 e. The first-order valence-corrected chi connectivity index (χ1v) is 6.97. The number of nitrogens with two attached hydrogens (primary N) is 2. The average Bonchev–Trinajstić information content (AvgIpc) is 2.45. The Labute approximate surface area is 97.7 Å². The molecule has 1 heterocycles. The molecule has 0 saturated heterocycles. The Morgan fingerprint density at radius 3 is 2.62 bits per heavy atom. The average molecular weight is 263 g/mol. The fourth-order valence-corrected chi connectivity index (χ4v) is 2.25. The molecule has 8 heteroatoms. The lowest BCUT2D eigenvalue weighted by Crippen LogP contribution is -2.31. The number of aryl methyl sites for hydroxylation is 1. The fourth-order valence-electron chi connectivity index (χ4n) is 1.00. The number of carbonyl (C=O) groups excluding carboxylic acids is 1. The normalized spacial score (nSPS) is 11.4. The molecular formula is C8H13N3O3S2. The van der Waals surface area contributed by atoms with Crippen molar-refractivity contribution < 1.29 is 13.2 Å². The molecule has 0 spiro atoms. The maximum Gasteiger partial charge on any atom is 0.261 e. The summed E-state index contributed by atoms with van der Waals surface area (Å²) in [5, 5.41) is 7.24. The van der Waals surface area contributed by atoms with Crippen molar-refractivity contribution in [2.45, 2.75) is 6.92 Å². The van der Waals surface area contributed by atoms with Crippen LogP contribution in [0.3, 0.4) is 0 Å². The summed E-state index contributed by atoms with van der Waals surface area (Å²) in [6, 6.07) is 1.56. The lowest BCUT2D eigenvalue weighted by molar-refractivity contribution is 0.0960. The van der Waals surface area contributed by atoms with Crippen LogP contribution < -0.4 is 16.2 Å². The van der Waals surface area contributed by atoms with E-state index in [1.165, 1.54) is 11.3 Å². The molecule has 1 aromatic rings. The van der Waals surface area contributed by atoms with Gasteiger partial charge in [-0.1, -0.05) is 0 Å². The number of anilines is 1. The van der Waals surface area contributed by atoms with E-state index in [1.807, 2.05) is 0 Å². The Hall–Kier alpha value is -1.12. The van der Waals surface area contributed by atoms with Crippen LogP contribution in [-0.4, -0.2) is 26.6 Å². The molecule has 0 aliphatic rings. The van der Waals surface area contributed by atoms with Gasteiger partial charge in [0.1, 0.15) is 0 Å². The van der Waals surface area contributed by atoms with E-state index in [4.69, 9.17) is 10.9 Å². The predicted molar refractivity (Wildman–Crippen MR) is 63.8 cm³/mol. The van der Waals surface area contributed by atoms with Gasteiger partial charge in [-0.15, -0.1) is 11.3 Å². The highest BCUT2D eigenvalue weighted by Crippen LogP contribution is 2.22. The monoisotopic (exact) mass is 263 g/mol. The molecule has 1 aromatic heterocycles. The summed E-state index contributed by atoms with van der Waals surface area (Å²) in [6.45, 7) is 1.80. The van der Waals surface area contributed by atoms with Crippen molar-refractivity contribution in [1.29, 1.82) is 0 Å². The van der Waals surface area contributed by atoms with Crippen molar-refractivity contribution >= 4 is 33.0 Å². The number of nitrogen functional groups attached to an aromatic ring is 1. The molecule has 0 unspecified atom stereocenters. The Bertz CT molecular complexity index is 473. The summed E-state index contributed by atoms with van der Waals surface area (Å²) in [5.74, 6) is -0.619. The second-order valence-electron chi connectivity index (χ2n) is 3.25. The van der Waals surface area contributed by atoms with Crippen molar-refractivity contribution in [2.75, 3.05) is 18.0 Å². The van der Waals surface area contributed by atoms with Crippen LogP contribution in [0.15, 0.2) is 6.07 Å². The molecule has 0 radical (unpaired) electrons. The number of amides is 1. The highest BCUT2D eigenvalue weighted by Gasteiger charge is 2.11. The first kappa shape index (κ1) is 12.9. The van der Waals surface area contributed by atoms with Crippen molar-refractivity contribution in [3.05, 3.63) is 15.8 Å². The molecule has 0 aliphatic heterocycles. The molecule has 1 amide bonds. The van der Waals surface area contributed by atoms with Gasteiger partial charge in [-0.2, -0.15) is 0 Å². The summed E-state index contributed by atoms with van der Waals surface area (Å²) in [7, 11) is -3.54. The van der Waals surface area contributed by atoms with E-state index in [0.29, 0.717) is 10.6 Å². The number of rotatable bonds is 4. The zero-order chi connectivity index (χ0) is 12.3. The summed E-state index contributed by atoms with van der Waals surface area (Å²) >= 11 is 1.26. The predicted octanol–water partition coefficient (Wildman–Crippen LogP) is -0.343. The molecule has 6 nitrogen and oxygen atoms in total. The molecule has 0 aromatic carbocycles. The van der Waals surface area contributed by atoms with Crippen molar-refractivity contribution in [2.24, 2.45) is 5.14 Å². The number of sulfonamides is 1. The van der Waals surface area contributed by atoms with Crippen LogP contribution in [0.25, 0.3) is 0 Å². The molecule has 0 atom stereocenters. The molecule has 1 rings (SSSR count). The molecule has 5 N–H and O–H groups in total. The van der Waals surface area contributed by atoms with Gasteiger partial charge in [0.15, 0.2) is 0 Å². The van der Waals surface area contributed by atoms with E-state index in [2.05, 4.69) is 5.32 Å². The summed E-state index contributed by atoms with van der Waals surface area (Å²) in [4.78, 5) is 12.8. The second-order valence-corrected chi connectivity index (χ2v) is 6.24. The van der Waals surface area contributed by atoms with Gasteiger partial charge in [-0.25, -0.2) is 13.6 Å². The number of nitrogens with one attached hydrogen (secondary N) is 1. The Kier molecular flexibility index (Phi) is 3.89. The van der Waals surface area contributed by atoms with E-state index in [-0.39, 0.29) is 18.2 Å². The standard InChI is InChI=1S/C8H13N3O3S2/c1-5-6(9)4-7(15-5)8(12)11-2-3-16(10,13)14/h4H,2-3,9H2,1H3,(H,11,12)(H2,10,13,14). The number of thiophene rings is 1. The second kappa shape index (κ2) is 4.81. The largest absolute Gasteiger partial charge is 0.398 e. The third-order valence-electron chi connectivity index (χ3n) is 1.85. The van der Waals surface area contributed by atoms with E-state index >= 15 is 0 Å². The highest BCUT2D eigenvalue weighted by molar-refractivity contribution is 7.89. The lowest BCUT2D eigenvalue weighted by atomic mass is 10.3. The van der Waals surface area contributed by atoms with Gasteiger partial charge in [0.2, 0.25) is 10.0 Å². The van der Waals surface area contributed by atoms with Gasteiger partial charge in [0.25, 0.3) is 5.91 Å². The van der Waals surface area contributed by atoms with Crippen molar-refractivity contribution in [3.8, 4) is 0 Å². The highest BCUT2D eigenvalue weighted by atomic mass is 32.2. The van der Waals surface area contributed by atoms with E-state index < -0.39 is 10.0 Å². The van der Waals surface area contributed by atoms with Crippen LogP contribution in [-0.2, 0) is 10.0 Å². The number of hydrogen-bond donors (Lipinski definition) is 3. The van der Waals surface area contributed by atoms with Crippen LogP contribution in [0.1, 0.15) is 14.5 Å². The number of hydrogen-bond acceptors (Lipinski definition) is 5. The van der Waals surface area contributed by atoms with Gasteiger partial charge >= 0.3 is 0 Å². The van der Waals surface area contributed by atoms with Gasteiger partial charge in [0.05, 0.1) is 10.6 Å². The van der Waals surface area contributed by atoms with Gasteiger partial charge in [-0.3, -0.25) is 4.79 Å². The minimum atomic E-state index is -3.54. The molecule has 0 saturated carbocycles. The van der Waals surface area contributed by atoms with Gasteiger partial charge in [-0.05, 0) is 13.0 Å². The Balaban J connectivity index is 2.54. The van der Waals surface area contributed by atoms with Crippen LogP contribution >= 0.6 is 11.3 Å². The Morgan fingerprint density at radius 2 is 2.19 bits per heavy atom. The first-order chi connectivity index (χ1) is 7.29. The zero-order valence-corrected chi connectivity index (χ0v) is 10.3. The maximum absolute atomic E-state index is 11.5. The molecule has 0 bridgehead atoms. The molecule has 0 fully saturated rings. The summed E-state index contributed by atoms with van der Waals surface area (Å²) in [6.07, 6.45) is 0. The van der Waals surface area contributed by atoms with E-state index in [9.17, 15) is 13.2 Å². The van der Waals surface area contributed by atoms with Crippen LogP contribution in [0.4, 0.5) is 5.69 Å². The van der Waals surface area contributed by atoms with Gasteiger partial charge < -0.3 is 11.1 Å². The van der Waals surface area contributed by atoms with Crippen LogP contribution in [0, 0.1) is 6.92 Å². The molecule has 0 aliphatic carbocycles. The maximum atomic E-state index is 11.5. The zero-order valence-electron chi connectivity index (χ0n) is 8.69. The lowest BCUT2D eigenvalue weighted by Gasteiger charge is -2.01. The summed E-state index contributed by atoms with van der Waals surface area (Å²) < 4.78 is 21.2. The van der Waals surface area contributed by atoms with Gasteiger partial charge in [0, 0.05) is 17.1 Å². The third-order valence-corrected chi connectivity index (χ3v) is 3.69.